The van der Waals surface area contributed by atoms with E-state index in [1.165, 1.54) is 0 Å². The van der Waals surface area contributed by atoms with E-state index >= 15 is 0 Å². The Morgan fingerprint density at radius 2 is 1.76 bits per heavy atom. The van der Waals surface area contributed by atoms with E-state index in [0.717, 1.165) is 36.5 Å². The molecule has 172 valence electrons. The number of hydrogen-bond donors (Lipinski definition) is 0. The molecule has 1 saturated heterocycles. The second kappa shape index (κ2) is 8.33. The van der Waals surface area contributed by atoms with Gasteiger partial charge in [0, 0.05) is 38.3 Å². The van der Waals surface area contributed by atoms with Crippen LogP contribution in [0.25, 0.3) is 5.69 Å². The third kappa shape index (κ3) is 4.27. The zero-order chi connectivity index (χ0) is 23.2. The van der Waals surface area contributed by atoms with Crippen LogP contribution in [0.2, 0.25) is 5.02 Å². The second-order valence-electron chi connectivity index (χ2n) is 8.15. The van der Waals surface area contributed by atoms with Crippen molar-refractivity contribution in [1.82, 2.24) is 24.9 Å². The average molecular weight is 477 g/mol. The summed E-state index contributed by atoms with van der Waals surface area (Å²) in [5.41, 5.74) is 1.17. The molecule has 7 nitrogen and oxygen atoms in total. The number of carbonyl (C=O) groups is 1. The first-order chi connectivity index (χ1) is 15.8. The molecule has 1 aliphatic heterocycles. The Morgan fingerprint density at radius 1 is 1.06 bits per heavy atom. The zero-order valence-electron chi connectivity index (χ0n) is 17.5. The molecule has 2 fully saturated rings. The summed E-state index contributed by atoms with van der Waals surface area (Å²) >= 11 is 6.08. The van der Waals surface area contributed by atoms with E-state index in [0.29, 0.717) is 31.9 Å². The van der Waals surface area contributed by atoms with Crippen molar-refractivity contribution in [1.29, 1.82) is 0 Å². The van der Waals surface area contributed by atoms with Crippen molar-refractivity contribution in [3.05, 3.63) is 64.6 Å². The summed E-state index contributed by atoms with van der Waals surface area (Å²) in [4.78, 5) is 20.7. The molecule has 33 heavy (non-hydrogen) atoms. The van der Waals surface area contributed by atoms with Gasteiger partial charge in [0.05, 0.1) is 22.0 Å². The molecule has 0 spiro atoms. The Bertz CT molecular complexity index is 1170. The monoisotopic (exact) mass is 476 g/mol. The highest BCUT2D eigenvalue weighted by molar-refractivity contribution is 6.33. The minimum Gasteiger partial charge on any atom is -0.352 e. The van der Waals surface area contributed by atoms with Crippen molar-refractivity contribution in [2.24, 2.45) is 0 Å². The number of para-hydroxylation sites is 1. The summed E-state index contributed by atoms with van der Waals surface area (Å²) in [7, 11) is 0. The lowest BCUT2D eigenvalue weighted by atomic mass is 10.1. The second-order valence-corrected chi connectivity index (χ2v) is 8.56. The van der Waals surface area contributed by atoms with Crippen molar-refractivity contribution in [2.45, 2.75) is 24.9 Å². The third-order valence-corrected chi connectivity index (χ3v) is 6.17. The Morgan fingerprint density at radius 3 is 2.36 bits per heavy atom. The molecule has 2 aromatic heterocycles. The Labute approximate surface area is 192 Å². The number of halogens is 4. The molecule has 0 unspecified atom stereocenters. The summed E-state index contributed by atoms with van der Waals surface area (Å²) in [6.07, 6.45) is -1.74. The van der Waals surface area contributed by atoms with Crippen molar-refractivity contribution < 1.29 is 18.0 Å². The predicted octanol–water partition coefficient (Wildman–Crippen LogP) is 4.17. The van der Waals surface area contributed by atoms with Crippen LogP contribution in [0.5, 0.6) is 0 Å². The Hall–Kier alpha value is -3.14. The summed E-state index contributed by atoms with van der Waals surface area (Å²) in [6, 6.07) is 10.5. The van der Waals surface area contributed by atoms with Crippen molar-refractivity contribution in [2.75, 3.05) is 31.1 Å². The van der Waals surface area contributed by atoms with E-state index in [1.807, 2.05) is 30.3 Å². The lowest BCUT2D eigenvalue weighted by Gasteiger charge is -2.35. The summed E-state index contributed by atoms with van der Waals surface area (Å²) in [6.45, 7) is 1.55. The maximum atomic E-state index is 13.3. The highest BCUT2D eigenvalue weighted by Gasteiger charge is 2.37. The third-order valence-electron chi connectivity index (χ3n) is 5.89. The molecule has 0 atom stereocenters. The number of hydrogen-bond acceptors (Lipinski definition) is 5. The number of anilines is 1. The van der Waals surface area contributed by atoms with Gasteiger partial charge in [0.1, 0.15) is 5.82 Å². The topological polar surface area (TPSA) is 67.2 Å². The molecule has 1 aromatic carbocycles. The Kier molecular flexibility index (Phi) is 5.48. The smallest absolute Gasteiger partial charge is 0.352 e. The molecule has 5 rings (SSSR count). The van der Waals surface area contributed by atoms with Crippen LogP contribution in [-0.4, -0.2) is 57.0 Å². The van der Waals surface area contributed by atoms with Crippen LogP contribution in [0.15, 0.2) is 42.6 Å². The van der Waals surface area contributed by atoms with E-state index in [4.69, 9.17) is 11.6 Å². The lowest BCUT2D eigenvalue weighted by Crippen LogP contribution is -2.49. The molecule has 2 aliphatic rings. The van der Waals surface area contributed by atoms with Crippen LogP contribution in [0.4, 0.5) is 19.0 Å². The number of aromatic nitrogens is 4. The molecule has 0 N–H and O–H groups in total. The van der Waals surface area contributed by atoms with Gasteiger partial charge in [-0.05, 0) is 31.0 Å². The van der Waals surface area contributed by atoms with Crippen LogP contribution in [-0.2, 0) is 6.18 Å². The van der Waals surface area contributed by atoms with Gasteiger partial charge >= 0.3 is 6.18 Å². The van der Waals surface area contributed by atoms with E-state index in [-0.39, 0.29) is 22.7 Å². The maximum absolute atomic E-state index is 13.3. The van der Waals surface area contributed by atoms with Gasteiger partial charge in [0.2, 0.25) is 0 Å². The summed E-state index contributed by atoms with van der Waals surface area (Å²) < 4.78 is 40.4. The quantitative estimate of drug-likeness (QED) is 0.565. The molecular formula is C22H20ClF3N6O. The highest BCUT2D eigenvalue weighted by Crippen LogP contribution is 2.42. The predicted molar refractivity (Wildman–Crippen MR) is 116 cm³/mol. The standard InChI is InChI=1S/C22H20ClF3N6O/c23-17-12-15(22(24,25)26)13-27-20(17)30-8-10-31(11-9-30)21(33)18-19(14-6-7-14)32(29-28-18)16-4-2-1-3-5-16/h1-5,12-14H,6-11H2. The zero-order valence-corrected chi connectivity index (χ0v) is 18.2. The van der Waals surface area contributed by atoms with Crippen LogP contribution >= 0.6 is 11.6 Å². The highest BCUT2D eigenvalue weighted by atomic mass is 35.5. The number of pyridine rings is 1. The lowest BCUT2D eigenvalue weighted by molar-refractivity contribution is -0.137. The fourth-order valence-corrected chi connectivity index (χ4v) is 4.30. The summed E-state index contributed by atoms with van der Waals surface area (Å²) in [5, 5.41) is 8.41. The Balaban J connectivity index is 1.31. The van der Waals surface area contributed by atoms with Gasteiger partial charge in [-0.15, -0.1) is 5.10 Å². The van der Waals surface area contributed by atoms with E-state index in [2.05, 4.69) is 15.3 Å². The number of piperazine rings is 1. The number of alkyl halides is 3. The van der Waals surface area contributed by atoms with E-state index in [1.54, 1.807) is 14.5 Å². The van der Waals surface area contributed by atoms with Gasteiger partial charge in [-0.25, -0.2) is 9.67 Å². The molecular weight excluding hydrogens is 457 g/mol. The van der Waals surface area contributed by atoms with Gasteiger partial charge in [-0.1, -0.05) is 35.0 Å². The molecule has 0 radical (unpaired) electrons. The number of carbonyl (C=O) groups excluding carboxylic acids is 1. The van der Waals surface area contributed by atoms with Gasteiger partial charge < -0.3 is 9.80 Å². The number of amides is 1. The summed E-state index contributed by atoms with van der Waals surface area (Å²) in [5.74, 6) is 0.353. The molecule has 11 heteroatoms. The van der Waals surface area contributed by atoms with Crippen molar-refractivity contribution in [3.63, 3.8) is 0 Å². The number of nitrogens with zero attached hydrogens (tertiary/aromatic N) is 6. The average Bonchev–Trinajstić information content (AvgIpc) is 3.56. The van der Waals surface area contributed by atoms with E-state index < -0.39 is 11.7 Å². The normalized spacial score (nSPS) is 16.8. The first-order valence-corrected chi connectivity index (χ1v) is 11.0. The largest absolute Gasteiger partial charge is 0.417 e. The SMILES string of the molecule is O=C(c1nnn(-c2ccccc2)c1C1CC1)N1CCN(c2ncc(C(F)(F)F)cc2Cl)CC1. The minimum absolute atomic E-state index is 0.0635. The van der Waals surface area contributed by atoms with Crippen LogP contribution in [0, 0.1) is 0 Å². The number of rotatable bonds is 4. The van der Waals surface area contributed by atoms with Crippen molar-refractivity contribution >= 4 is 23.3 Å². The molecule has 3 aromatic rings. The van der Waals surface area contributed by atoms with Gasteiger partial charge in [-0.2, -0.15) is 13.2 Å². The maximum Gasteiger partial charge on any atom is 0.417 e. The fourth-order valence-electron chi connectivity index (χ4n) is 4.01. The van der Waals surface area contributed by atoms with Crippen LogP contribution in [0.1, 0.15) is 40.5 Å². The molecule has 0 bridgehead atoms. The first-order valence-electron chi connectivity index (χ1n) is 10.6. The minimum atomic E-state index is -4.50. The van der Waals surface area contributed by atoms with Gasteiger partial charge in [0.25, 0.3) is 5.91 Å². The van der Waals surface area contributed by atoms with Gasteiger partial charge in [0.15, 0.2) is 5.69 Å². The van der Waals surface area contributed by atoms with Crippen molar-refractivity contribution in [3.8, 4) is 5.69 Å². The number of benzene rings is 1. The van der Waals surface area contributed by atoms with Crippen LogP contribution in [0.3, 0.4) is 0 Å². The molecule has 1 amide bonds. The fraction of sp³-hybridized carbons (Fsp3) is 0.364. The molecule has 1 aliphatic carbocycles. The first kappa shape index (κ1) is 21.7. The molecule has 1 saturated carbocycles. The van der Waals surface area contributed by atoms with Gasteiger partial charge in [-0.3, -0.25) is 4.79 Å². The van der Waals surface area contributed by atoms with Crippen LogP contribution < -0.4 is 4.90 Å². The van der Waals surface area contributed by atoms with E-state index in [9.17, 15) is 18.0 Å². The molecule has 3 heterocycles.